The summed E-state index contributed by atoms with van der Waals surface area (Å²) in [4.78, 5) is 0. The third kappa shape index (κ3) is 3.93. The first-order valence-electron chi connectivity index (χ1n) is 5.36. The molecule has 0 aromatic heterocycles. The summed E-state index contributed by atoms with van der Waals surface area (Å²) in [6.45, 7) is 10.4. The summed E-state index contributed by atoms with van der Waals surface area (Å²) < 4.78 is 0. The fourth-order valence-electron chi connectivity index (χ4n) is 1.42. The fraction of sp³-hybridized carbons (Fsp3) is 0.538. The average Bonchev–Trinajstić information content (AvgIpc) is 2.19. The van der Waals surface area contributed by atoms with Crippen LogP contribution >= 0.6 is 0 Å². The maximum atomic E-state index is 3.81. The molecule has 1 aliphatic heterocycles. The van der Waals surface area contributed by atoms with Crippen molar-refractivity contribution in [3.05, 3.63) is 36.5 Å². The number of nitrogens with one attached hydrogen (secondary N) is 1. The Balaban J connectivity index is 2.48. The lowest BCUT2D eigenvalue weighted by Gasteiger charge is -2.15. The molecule has 0 atom stereocenters. The molecule has 0 radical (unpaired) electrons. The summed E-state index contributed by atoms with van der Waals surface area (Å²) >= 11 is 0. The lowest BCUT2D eigenvalue weighted by Crippen LogP contribution is -2.23. The number of piperidine rings is 1. The van der Waals surface area contributed by atoms with E-state index in [4.69, 9.17) is 0 Å². The van der Waals surface area contributed by atoms with E-state index >= 15 is 0 Å². The van der Waals surface area contributed by atoms with Gasteiger partial charge in [0, 0.05) is 12.0 Å². The van der Waals surface area contributed by atoms with Gasteiger partial charge in [0.2, 0.25) is 0 Å². The molecule has 0 spiro atoms. The first kappa shape index (κ1) is 11.3. The van der Waals surface area contributed by atoms with E-state index in [9.17, 15) is 0 Å². The van der Waals surface area contributed by atoms with E-state index < -0.39 is 0 Å². The van der Waals surface area contributed by atoms with Gasteiger partial charge in [-0.3, -0.25) is 0 Å². The van der Waals surface area contributed by atoms with Crippen LogP contribution in [0.5, 0.6) is 0 Å². The Hall–Kier alpha value is -0.820. The fourth-order valence-corrected chi connectivity index (χ4v) is 1.42. The third-order valence-electron chi connectivity index (χ3n) is 2.59. The highest BCUT2D eigenvalue weighted by Crippen LogP contribution is 2.18. The van der Waals surface area contributed by atoms with Gasteiger partial charge >= 0.3 is 0 Å². The largest absolute Gasteiger partial charge is 0.313 e. The van der Waals surface area contributed by atoms with E-state index in [1.54, 1.807) is 0 Å². The number of rotatable bonds is 3. The van der Waals surface area contributed by atoms with Gasteiger partial charge in [0.05, 0.1) is 0 Å². The molecule has 0 aromatic carbocycles. The van der Waals surface area contributed by atoms with Crippen LogP contribution in [0.2, 0.25) is 0 Å². The minimum atomic E-state index is 0.110. The quantitative estimate of drug-likeness (QED) is 0.676. The van der Waals surface area contributed by atoms with E-state index in [2.05, 4.69) is 44.0 Å². The van der Waals surface area contributed by atoms with Crippen LogP contribution in [0.4, 0.5) is 0 Å². The van der Waals surface area contributed by atoms with Crippen LogP contribution < -0.4 is 5.32 Å². The van der Waals surface area contributed by atoms with E-state index in [1.807, 2.05) is 6.08 Å². The molecule has 0 saturated carbocycles. The van der Waals surface area contributed by atoms with Crippen molar-refractivity contribution in [1.82, 2.24) is 5.32 Å². The summed E-state index contributed by atoms with van der Waals surface area (Å²) in [5.41, 5.74) is 1.62. The van der Waals surface area contributed by atoms with E-state index in [0.29, 0.717) is 0 Å². The standard InChI is InChI=1S/C13H21N/c1-4-13(2,3)9-5-7-12-8-6-10-14-11-12/h4-5,7,9,14H,1,6,8,10-11H2,2-3H3/b9-5-,12-7-. The first-order chi connectivity index (χ1) is 6.64. The zero-order valence-corrected chi connectivity index (χ0v) is 9.34. The second kappa shape index (κ2) is 5.16. The van der Waals surface area contributed by atoms with E-state index in [0.717, 1.165) is 6.54 Å². The monoisotopic (exact) mass is 191 g/mol. The molecule has 1 saturated heterocycles. The van der Waals surface area contributed by atoms with Crippen molar-refractivity contribution in [2.75, 3.05) is 13.1 Å². The Labute approximate surface area is 87.6 Å². The average molecular weight is 191 g/mol. The highest BCUT2D eigenvalue weighted by Gasteiger charge is 2.06. The maximum Gasteiger partial charge on any atom is 0.0167 e. The van der Waals surface area contributed by atoms with E-state index in [1.165, 1.54) is 25.0 Å². The molecule has 0 amide bonds. The molecular formula is C13H21N. The zero-order valence-electron chi connectivity index (χ0n) is 9.34. The molecule has 1 nitrogen and oxygen atoms in total. The van der Waals surface area contributed by atoms with Crippen LogP contribution in [-0.2, 0) is 0 Å². The Morgan fingerprint density at radius 2 is 2.21 bits per heavy atom. The van der Waals surface area contributed by atoms with E-state index in [-0.39, 0.29) is 5.41 Å². The second-order valence-corrected chi connectivity index (χ2v) is 4.49. The van der Waals surface area contributed by atoms with Gasteiger partial charge in [-0.25, -0.2) is 0 Å². The van der Waals surface area contributed by atoms with Gasteiger partial charge in [0.15, 0.2) is 0 Å². The van der Waals surface area contributed by atoms with Gasteiger partial charge in [-0.05, 0) is 19.4 Å². The molecule has 0 bridgehead atoms. The summed E-state index contributed by atoms with van der Waals surface area (Å²) in [5, 5.41) is 3.37. The molecule has 1 fully saturated rings. The molecule has 1 rings (SSSR count). The van der Waals surface area contributed by atoms with Gasteiger partial charge in [0.1, 0.15) is 0 Å². The smallest absolute Gasteiger partial charge is 0.0167 e. The summed E-state index contributed by atoms with van der Waals surface area (Å²) in [5.74, 6) is 0. The maximum absolute atomic E-state index is 3.81. The van der Waals surface area contributed by atoms with Crippen molar-refractivity contribution in [2.45, 2.75) is 26.7 Å². The third-order valence-corrected chi connectivity index (χ3v) is 2.59. The molecule has 1 heteroatoms. The van der Waals surface area contributed by atoms with Crippen molar-refractivity contribution in [1.29, 1.82) is 0 Å². The normalized spacial score (nSPS) is 21.7. The highest BCUT2D eigenvalue weighted by molar-refractivity contribution is 5.18. The molecule has 1 aliphatic rings. The molecule has 0 aromatic rings. The Morgan fingerprint density at radius 3 is 2.79 bits per heavy atom. The van der Waals surface area contributed by atoms with Gasteiger partial charge in [-0.1, -0.05) is 43.7 Å². The molecule has 78 valence electrons. The Morgan fingerprint density at radius 1 is 1.43 bits per heavy atom. The second-order valence-electron chi connectivity index (χ2n) is 4.49. The minimum Gasteiger partial charge on any atom is -0.313 e. The van der Waals surface area contributed by atoms with Crippen molar-refractivity contribution in [2.24, 2.45) is 5.41 Å². The van der Waals surface area contributed by atoms with Gasteiger partial charge in [-0.2, -0.15) is 0 Å². The summed E-state index contributed by atoms with van der Waals surface area (Å²) in [7, 11) is 0. The molecular weight excluding hydrogens is 170 g/mol. The first-order valence-corrected chi connectivity index (χ1v) is 5.36. The van der Waals surface area contributed by atoms with Gasteiger partial charge in [0.25, 0.3) is 0 Å². The van der Waals surface area contributed by atoms with Crippen molar-refractivity contribution >= 4 is 0 Å². The Kier molecular flexibility index (Phi) is 4.15. The topological polar surface area (TPSA) is 12.0 Å². The molecule has 1 heterocycles. The molecule has 0 unspecified atom stereocenters. The zero-order chi connectivity index (χ0) is 10.4. The van der Waals surface area contributed by atoms with Crippen LogP contribution in [0, 0.1) is 5.41 Å². The van der Waals surface area contributed by atoms with Crippen molar-refractivity contribution in [3.63, 3.8) is 0 Å². The predicted octanol–water partition coefficient (Wildman–Crippen LogP) is 3.06. The van der Waals surface area contributed by atoms with Crippen LogP contribution in [0.3, 0.4) is 0 Å². The van der Waals surface area contributed by atoms with Crippen molar-refractivity contribution < 1.29 is 0 Å². The molecule has 14 heavy (non-hydrogen) atoms. The minimum absolute atomic E-state index is 0.110. The van der Waals surface area contributed by atoms with Crippen LogP contribution in [0.1, 0.15) is 26.7 Å². The van der Waals surface area contributed by atoms with Gasteiger partial charge < -0.3 is 5.32 Å². The van der Waals surface area contributed by atoms with Crippen LogP contribution in [0.15, 0.2) is 36.5 Å². The SMILES string of the molecule is C=CC(C)(C)/C=C\C=C1\CCCNC1. The van der Waals surface area contributed by atoms with Crippen molar-refractivity contribution in [3.8, 4) is 0 Å². The summed E-state index contributed by atoms with van der Waals surface area (Å²) in [6, 6.07) is 0. The molecule has 1 N–H and O–H groups in total. The number of hydrogen-bond donors (Lipinski definition) is 1. The lowest BCUT2D eigenvalue weighted by molar-refractivity contribution is 0.608. The predicted molar refractivity (Wildman–Crippen MR) is 63.3 cm³/mol. The van der Waals surface area contributed by atoms with Crippen LogP contribution in [0.25, 0.3) is 0 Å². The number of hydrogen-bond acceptors (Lipinski definition) is 1. The van der Waals surface area contributed by atoms with Gasteiger partial charge in [-0.15, -0.1) is 6.58 Å². The van der Waals surface area contributed by atoms with Crippen LogP contribution in [-0.4, -0.2) is 13.1 Å². The lowest BCUT2D eigenvalue weighted by atomic mass is 9.93. The Bertz CT molecular complexity index is 238. The number of allylic oxidation sites excluding steroid dienone is 4. The highest BCUT2D eigenvalue weighted by atomic mass is 14.9. The molecule has 0 aliphatic carbocycles. The summed E-state index contributed by atoms with van der Waals surface area (Å²) in [6.07, 6.45) is 11.1.